The number of benzene rings is 1. The molecule has 0 bridgehead atoms. The number of anilines is 1. The van der Waals surface area contributed by atoms with E-state index in [4.69, 9.17) is 0 Å². The van der Waals surface area contributed by atoms with Gasteiger partial charge in [-0.1, -0.05) is 30.8 Å². The Balaban J connectivity index is 2.06. The Hall–Kier alpha value is -3.21. The van der Waals surface area contributed by atoms with Gasteiger partial charge in [0.25, 0.3) is 5.91 Å². The summed E-state index contributed by atoms with van der Waals surface area (Å²) in [5, 5.41) is 5.32. The third-order valence-electron chi connectivity index (χ3n) is 2.78. The van der Waals surface area contributed by atoms with Crippen molar-refractivity contribution in [1.29, 1.82) is 0 Å². The summed E-state index contributed by atoms with van der Waals surface area (Å²) < 4.78 is 0. The van der Waals surface area contributed by atoms with E-state index >= 15 is 0 Å². The maximum absolute atomic E-state index is 11.8. The molecule has 1 aromatic carbocycles. The molecule has 2 rings (SSSR count). The van der Waals surface area contributed by atoms with E-state index in [1.807, 2.05) is 18.2 Å². The fraction of sp³-hybridized carbons (Fsp3) is 0. The molecule has 1 aromatic heterocycles. The fourth-order valence-corrected chi connectivity index (χ4v) is 1.72. The van der Waals surface area contributed by atoms with Gasteiger partial charge in [0.15, 0.2) is 0 Å². The molecule has 5 heteroatoms. The molecule has 0 atom stereocenters. The van der Waals surface area contributed by atoms with Crippen molar-refractivity contribution in [2.45, 2.75) is 0 Å². The molecule has 22 heavy (non-hydrogen) atoms. The zero-order chi connectivity index (χ0) is 15.8. The lowest BCUT2D eigenvalue weighted by molar-refractivity contribution is -0.111. The second-order valence-electron chi connectivity index (χ2n) is 4.30. The van der Waals surface area contributed by atoms with Crippen molar-refractivity contribution in [3.63, 3.8) is 0 Å². The highest BCUT2D eigenvalue weighted by Gasteiger charge is 2.04. The average molecular weight is 293 g/mol. The highest BCUT2D eigenvalue weighted by atomic mass is 16.2. The van der Waals surface area contributed by atoms with E-state index < -0.39 is 0 Å². The van der Waals surface area contributed by atoms with E-state index in [9.17, 15) is 9.59 Å². The van der Waals surface area contributed by atoms with Crippen LogP contribution in [0.25, 0.3) is 6.08 Å². The molecular weight excluding hydrogens is 278 g/mol. The standard InChI is InChI=1S/C17H15N3O2/c1-2-16(21)20-14-8-4-3-7-13(14)10-12-19-17(22)15-9-5-6-11-18-15/h2-12H,1H2,(H,19,22)(H,20,21)/b12-10+. The van der Waals surface area contributed by atoms with E-state index in [2.05, 4.69) is 22.2 Å². The Kier molecular flexibility index (Phi) is 5.20. The summed E-state index contributed by atoms with van der Waals surface area (Å²) >= 11 is 0. The van der Waals surface area contributed by atoms with Crippen LogP contribution < -0.4 is 10.6 Å². The van der Waals surface area contributed by atoms with Gasteiger partial charge in [0, 0.05) is 18.1 Å². The van der Waals surface area contributed by atoms with Crippen LogP contribution in [0.15, 0.2) is 67.5 Å². The second-order valence-corrected chi connectivity index (χ2v) is 4.30. The molecule has 1 heterocycles. The van der Waals surface area contributed by atoms with Crippen LogP contribution in [-0.4, -0.2) is 16.8 Å². The van der Waals surface area contributed by atoms with Gasteiger partial charge in [-0.15, -0.1) is 0 Å². The molecule has 2 N–H and O–H groups in total. The molecular formula is C17H15N3O2. The molecule has 2 aromatic rings. The number of carbonyl (C=O) groups excluding carboxylic acids is 2. The second kappa shape index (κ2) is 7.54. The van der Waals surface area contributed by atoms with Crippen LogP contribution in [0.3, 0.4) is 0 Å². The van der Waals surface area contributed by atoms with Gasteiger partial charge in [-0.25, -0.2) is 0 Å². The number of hydrogen-bond acceptors (Lipinski definition) is 3. The normalized spacial score (nSPS) is 10.2. The number of amides is 2. The van der Waals surface area contributed by atoms with Crippen molar-refractivity contribution >= 4 is 23.6 Å². The van der Waals surface area contributed by atoms with E-state index in [0.717, 1.165) is 5.56 Å². The lowest BCUT2D eigenvalue weighted by atomic mass is 10.1. The molecule has 2 amide bonds. The Morgan fingerprint density at radius 1 is 1.09 bits per heavy atom. The average Bonchev–Trinajstić information content (AvgIpc) is 2.57. The molecule has 5 nitrogen and oxygen atoms in total. The van der Waals surface area contributed by atoms with Crippen LogP contribution >= 0.6 is 0 Å². The number of aromatic nitrogens is 1. The van der Waals surface area contributed by atoms with Crippen molar-refractivity contribution in [2.75, 3.05) is 5.32 Å². The Morgan fingerprint density at radius 2 is 1.86 bits per heavy atom. The van der Waals surface area contributed by atoms with E-state index in [1.54, 1.807) is 36.5 Å². The summed E-state index contributed by atoms with van der Waals surface area (Å²) in [6, 6.07) is 12.3. The monoisotopic (exact) mass is 293 g/mol. The molecule has 0 aliphatic rings. The first-order chi connectivity index (χ1) is 10.7. The summed E-state index contributed by atoms with van der Waals surface area (Å²) in [5.41, 5.74) is 1.73. The first-order valence-electron chi connectivity index (χ1n) is 6.61. The van der Waals surface area contributed by atoms with Crippen LogP contribution in [0.4, 0.5) is 5.69 Å². The van der Waals surface area contributed by atoms with Crippen LogP contribution in [0.2, 0.25) is 0 Å². The Labute approximate surface area is 128 Å². The quantitative estimate of drug-likeness (QED) is 0.832. The number of para-hydroxylation sites is 1. The largest absolute Gasteiger partial charge is 0.327 e. The van der Waals surface area contributed by atoms with Crippen LogP contribution in [0.1, 0.15) is 16.1 Å². The smallest absolute Gasteiger partial charge is 0.273 e. The van der Waals surface area contributed by atoms with Gasteiger partial charge >= 0.3 is 0 Å². The van der Waals surface area contributed by atoms with Gasteiger partial charge in [0.2, 0.25) is 5.91 Å². The maximum Gasteiger partial charge on any atom is 0.273 e. The predicted octanol–water partition coefficient (Wildman–Crippen LogP) is 2.61. The first kappa shape index (κ1) is 15.2. The highest BCUT2D eigenvalue weighted by molar-refractivity contribution is 6.00. The molecule has 0 aliphatic heterocycles. The Bertz CT molecular complexity index is 709. The molecule has 0 unspecified atom stereocenters. The molecule has 110 valence electrons. The number of rotatable bonds is 5. The number of nitrogens with one attached hydrogen (secondary N) is 2. The van der Waals surface area contributed by atoms with E-state index in [1.165, 1.54) is 12.3 Å². The lowest BCUT2D eigenvalue weighted by Gasteiger charge is -2.06. The minimum absolute atomic E-state index is 0.293. The van der Waals surface area contributed by atoms with Crippen LogP contribution in [-0.2, 0) is 4.79 Å². The SMILES string of the molecule is C=CC(=O)Nc1ccccc1/C=C/NC(=O)c1ccccn1. The molecule has 0 saturated carbocycles. The van der Waals surface area contributed by atoms with Gasteiger partial charge in [-0.05, 0) is 35.9 Å². The molecule has 0 fully saturated rings. The van der Waals surface area contributed by atoms with E-state index in [0.29, 0.717) is 11.4 Å². The summed E-state index contributed by atoms with van der Waals surface area (Å²) in [5.74, 6) is -0.595. The lowest BCUT2D eigenvalue weighted by Crippen LogP contribution is -2.18. The van der Waals surface area contributed by atoms with Crippen molar-refractivity contribution in [1.82, 2.24) is 10.3 Å². The van der Waals surface area contributed by atoms with Gasteiger partial charge < -0.3 is 10.6 Å². The van der Waals surface area contributed by atoms with Crippen molar-refractivity contribution < 1.29 is 9.59 Å². The van der Waals surface area contributed by atoms with Gasteiger partial charge in [-0.3, -0.25) is 14.6 Å². The minimum atomic E-state index is -0.301. The Morgan fingerprint density at radius 3 is 2.59 bits per heavy atom. The summed E-state index contributed by atoms with van der Waals surface area (Å²) in [7, 11) is 0. The highest BCUT2D eigenvalue weighted by Crippen LogP contribution is 2.16. The van der Waals surface area contributed by atoms with Crippen molar-refractivity contribution in [2.24, 2.45) is 0 Å². The predicted molar refractivity (Wildman–Crippen MR) is 86.0 cm³/mol. The third-order valence-corrected chi connectivity index (χ3v) is 2.78. The van der Waals surface area contributed by atoms with Crippen molar-refractivity contribution in [3.8, 4) is 0 Å². The topological polar surface area (TPSA) is 71.1 Å². The zero-order valence-electron chi connectivity index (χ0n) is 11.8. The fourth-order valence-electron chi connectivity index (χ4n) is 1.72. The molecule has 0 aliphatic carbocycles. The van der Waals surface area contributed by atoms with Gasteiger partial charge in [0.05, 0.1) is 0 Å². The third kappa shape index (κ3) is 4.14. The first-order valence-corrected chi connectivity index (χ1v) is 6.61. The summed E-state index contributed by atoms with van der Waals surface area (Å²) in [6.07, 6.45) is 5.96. The number of pyridine rings is 1. The summed E-state index contributed by atoms with van der Waals surface area (Å²) in [4.78, 5) is 27.2. The van der Waals surface area contributed by atoms with Crippen LogP contribution in [0, 0.1) is 0 Å². The number of hydrogen-bond donors (Lipinski definition) is 2. The molecule has 0 saturated heterocycles. The molecule has 0 radical (unpaired) electrons. The minimum Gasteiger partial charge on any atom is -0.327 e. The molecule has 0 spiro atoms. The van der Waals surface area contributed by atoms with Crippen LogP contribution in [0.5, 0.6) is 0 Å². The van der Waals surface area contributed by atoms with Gasteiger partial charge in [-0.2, -0.15) is 0 Å². The van der Waals surface area contributed by atoms with Crippen molar-refractivity contribution in [3.05, 3.63) is 78.8 Å². The summed E-state index contributed by atoms with van der Waals surface area (Å²) in [6.45, 7) is 3.41. The number of nitrogens with zero attached hydrogens (tertiary/aromatic N) is 1. The maximum atomic E-state index is 11.8. The van der Waals surface area contributed by atoms with Gasteiger partial charge in [0.1, 0.15) is 5.69 Å². The zero-order valence-corrected chi connectivity index (χ0v) is 11.8. The number of carbonyl (C=O) groups is 2. The van der Waals surface area contributed by atoms with E-state index in [-0.39, 0.29) is 11.8 Å².